The minimum atomic E-state index is -0.441. The SMILES string of the molecule is COC(=O)c1ccc(OCC(=O)N2N=C(c3cc4ccccc4o3)CC2c2ccco2)cc1. The summed E-state index contributed by atoms with van der Waals surface area (Å²) in [5.74, 6) is 0.914. The molecule has 0 saturated heterocycles. The Morgan fingerprint density at radius 2 is 1.91 bits per heavy atom. The van der Waals surface area contributed by atoms with E-state index in [1.165, 1.54) is 12.1 Å². The van der Waals surface area contributed by atoms with E-state index in [0.29, 0.717) is 35.0 Å². The second kappa shape index (κ2) is 8.66. The fraction of sp³-hybridized carbons (Fsp3) is 0.160. The molecule has 1 unspecified atom stereocenters. The number of nitrogens with zero attached hydrogens (tertiary/aromatic N) is 2. The highest BCUT2D eigenvalue weighted by Gasteiger charge is 2.36. The smallest absolute Gasteiger partial charge is 0.337 e. The minimum absolute atomic E-state index is 0.230. The van der Waals surface area contributed by atoms with Gasteiger partial charge in [0.15, 0.2) is 12.4 Å². The second-order valence-electron chi connectivity index (χ2n) is 7.47. The fourth-order valence-electron chi connectivity index (χ4n) is 3.73. The van der Waals surface area contributed by atoms with E-state index in [9.17, 15) is 9.59 Å². The first-order valence-electron chi connectivity index (χ1n) is 10.4. The molecular weight excluding hydrogens is 424 g/mol. The number of benzene rings is 2. The van der Waals surface area contributed by atoms with Crippen LogP contribution in [0.3, 0.4) is 0 Å². The highest BCUT2D eigenvalue weighted by atomic mass is 16.5. The third kappa shape index (κ3) is 4.10. The van der Waals surface area contributed by atoms with Gasteiger partial charge in [0.05, 0.1) is 18.9 Å². The molecule has 1 aliphatic rings. The van der Waals surface area contributed by atoms with Crippen molar-refractivity contribution < 1.29 is 27.9 Å². The van der Waals surface area contributed by atoms with Crippen molar-refractivity contribution in [2.45, 2.75) is 12.5 Å². The standard InChI is InChI=1S/C25H20N2O6/c1-30-25(29)16-8-10-18(11-9-16)32-15-24(28)27-20(22-7-4-12-31-22)14-19(26-27)23-13-17-5-2-3-6-21(17)33-23/h2-13,20H,14-15H2,1H3. The van der Waals surface area contributed by atoms with Crippen LogP contribution in [0.2, 0.25) is 0 Å². The summed E-state index contributed by atoms with van der Waals surface area (Å²) in [7, 11) is 1.32. The fourth-order valence-corrected chi connectivity index (χ4v) is 3.73. The van der Waals surface area contributed by atoms with Gasteiger partial charge in [-0.3, -0.25) is 4.79 Å². The Morgan fingerprint density at radius 3 is 2.64 bits per heavy atom. The highest BCUT2D eigenvalue weighted by molar-refractivity contribution is 6.03. The van der Waals surface area contributed by atoms with Gasteiger partial charge in [-0.15, -0.1) is 0 Å². The maximum absolute atomic E-state index is 13.0. The molecule has 0 saturated carbocycles. The Balaban J connectivity index is 1.35. The van der Waals surface area contributed by atoms with Crippen molar-refractivity contribution in [3.8, 4) is 5.75 Å². The van der Waals surface area contributed by atoms with E-state index < -0.39 is 12.0 Å². The maximum atomic E-state index is 13.0. The molecule has 5 rings (SSSR count). The van der Waals surface area contributed by atoms with Crippen molar-refractivity contribution in [3.63, 3.8) is 0 Å². The average Bonchev–Trinajstić information content (AvgIpc) is 3.60. The topological polar surface area (TPSA) is 94.5 Å². The Morgan fingerprint density at radius 1 is 1.09 bits per heavy atom. The zero-order valence-corrected chi connectivity index (χ0v) is 17.8. The zero-order chi connectivity index (χ0) is 22.8. The molecule has 2 aromatic carbocycles. The van der Waals surface area contributed by atoms with Gasteiger partial charge in [0.2, 0.25) is 0 Å². The number of carbonyl (C=O) groups excluding carboxylic acids is 2. The predicted octanol–water partition coefficient (Wildman–Crippen LogP) is 4.57. The molecule has 2 aromatic heterocycles. The zero-order valence-electron chi connectivity index (χ0n) is 17.8. The van der Waals surface area contributed by atoms with Crippen LogP contribution in [0.15, 0.2) is 86.9 Å². The number of furan rings is 2. The molecule has 8 heteroatoms. The van der Waals surface area contributed by atoms with Crippen LogP contribution in [0.1, 0.15) is 34.3 Å². The van der Waals surface area contributed by atoms with Crippen LogP contribution in [0.5, 0.6) is 5.75 Å². The Bertz CT molecular complexity index is 1290. The molecule has 0 radical (unpaired) electrons. The molecule has 0 fully saturated rings. The maximum Gasteiger partial charge on any atom is 0.337 e. The van der Waals surface area contributed by atoms with Gasteiger partial charge in [0.1, 0.15) is 28.8 Å². The first kappa shape index (κ1) is 20.6. The van der Waals surface area contributed by atoms with Crippen LogP contribution in [-0.4, -0.2) is 36.3 Å². The van der Waals surface area contributed by atoms with Gasteiger partial charge in [-0.2, -0.15) is 5.10 Å². The van der Waals surface area contributed by atoms with Gasteiger partial charge in [-0.05, 0) is 48.5 Å². The minimum Gasteiger partial charge on any atom is -0.484 e. The van der Waals surface area contributed by atoms with E-state index in [-0.39, 0.29) is 12.5 Å². The summed E-state index contributed by atoms with van der Waals surface area (Å²) in [6.07, 6.45) is 2.02. The van der Waals surface area contributed by atoms with Gasteiger partial charge in [-0.25, -0.2) is 9.80 Å². The molecule has 166 valence electrons. The summed E-state index contributed by atoms with van der Waals surface area (Å²) in [4.78, 5) is 24.6. The number of carbonyl (C=O) groups is 2. The van der Waals surface area contributed by atoms with Gasteiger partial charge >= 0.3 is 5.97 Å². The van der Waals surface area contributed by atoms with Crippen LogP contribution in [0.4, 0.5) is 0 Å². The van der Waals surface area contributed by atoms with Crippen LogP contribution in [0.25, 0.3) is 11.0 Å². The Labute approximate surface area is 189 Å². The van der Waals surface area contributed by atoms with Crippen molar-refractivity contribution in [1.29, 1.82) is 0 Å². The summed E-state index contributed by atoms with van der Waals surface area (Å²) >= 11 is 0. The molecule has 0 bridgehead atoms. The molecule has 0 aliphatic carbocycles. The molecule has 0 spiro atoms. The Kier molecular flexibility index (Phi) is 5.40. The van der Waals surface area contributed by atoms with Gasteiger partial charge in [-0.1, -0.05) is 18.2 Å². The predicted molar refractivity (Wildman–Crippen MR) is 119 cm³/mol. The number of hydrazone groups is 1. The number of esters is 1. The summed E-state index contributed by atoms with van der Waals surface area (Å²) in [5.41, 5.74) is 1.81. The van der Waals surface area contributed by atoms with Crippen molar-refractivity contribution >= 4 is 28.6 Å². The molecule has 1 atom stereocenters. The number of fused-ring (bicyclic) bond motifs is 1. The van der Waals surface area contributed by atoms with E-state index in [4.69, 9.17) is 13.6 Å². The van der Waals surface area contributed by atoms with E-state index in [2.05, 4.69) is 9.84 Å². The monoisotopic (exact) mass is 444 g/mol. The third-order valence-electron chi connectivity index (χ3n) is 5.39. The van der Waals surface area contributed by atoms with E-state index in [1.807, 2.05) is 36.4 Å². The lowest BCUT2D eigenvalue weighted by Gasteiger charge is -2.20. The largest absolute Gasteiger partial charge is 0.484 e. The summed E-state index contributed by atoms with van der Waals surface area (Å²) in [6.45, 7) is -0.230. The molecule has 0 N–H and O–H groups in total. The molecule has 33 heavy (non-hydrogen) atoms. The highest BCUT2D eigenvalue weighted by Crippen LogP contribution is 2.34. The van der Waals surface area contributed by atoms with Gasteiger partial charge in [0, 0.05) is 11.8 Å². The molecular formula is C25H20N2O6. The molecule has 1 aliphatic heterocycles. The number of hydrogen-bond donors (Lipinski definition) is 0. The van der Waals surface area contributed by atoms with E-state index >= 15 is 0 Å². The lowest BCUT2D eigenvalue weighted by atomic mass is 10.1. The molecule has 8 nitrogen and oxygen atoms in total. The Hall–Kier alpha value is -4.33. The van der Waals surface area contributed by atoms with Crippen LogP contribution < -0.4 is 4.74 Å². The van der Waals surface area contributed by atoms with Gasteiger partial charge < -0.3 is 18.3 Å². The number of rotatable bonds is 6. The van der Waals surface area contributed by atoms with Crippen molar-refractivity contribution in [1.82, 2.24) is 5.01 Å². The van der Waals surface area contributed by atoms with Crippen LogP contribution in [-0.2, 0) is 9.53 Å². The molecule has 4 aromatic rings. The lowest BCUT2D eigenvalue weighted by molar-refractivity contribution is -0.135. The van der Waals surface area contributed by atoms with Crippen molar-refractivity contribution in [3.05, 3.63) is 90.1 Å². The second-order valence-corrected chi connectivity index (χ2v) is 7.47. The van der Waals surface area contributed by atoms with E-state index in [1.54, 1.807) is 36.6 Å². The van der Waals surface area contributed by atoms with Crippen molar-refractivity contribution in [2.75, 3.05) is 13.7 Å². The summed E-state index contributed by atoms with van der Waals surface area (Å²) < 4.78 is 21.8. The summed E-state index contributed by atoms with van der Waals surface area (Å²) in [5, 5.41) is 6.90. The quantitative estimate of drug-likeness (QED) is 0.405. The third-order valence-corrected chi connectivity index (χ3v) is 5.39. The first-order valence-corrected chi connectivity index (χ1v) is 10.4. The first-order chi connectivity index (χ1) is 16.1. The molecule has 3 heterocycles. The average molecular weight is 444 g/mol. The van der Waals surface area contributed by atoms with Crippen molar-refractivity contribution in [2.24, 2.45) is 5.10 Å². The van der Waals surface area contributed by atoms with Crippen LogP contribution >= 0.6 is 0 Å². The number of ether oxygens (including phenoxy) is 2. The number of hydrogen-bond acceptors (Lipinski definition) is 7. The summed E-state index contributed by atoms with van der Waals surface area (Å²) in [6, 6.07) is 19.2. The van der Waals surface area contributed by atoms with E-state index in [0.717, 1.165) is 11.0 Å². The number of methoxy groups -OCH3 is 1. The van der Waals surface area contributed by atoms with Gasteiger partial charge in [0.25, 0.3) is 5.91 Å². The number of para-hydroxylation sites is 1. The normalized spacial score (nSPS) is 15.5. The number of amides is 1. The molecule has 1 amide bonds. The van der Waals surface area contributed by atoms with Crippen LogP contribution in [0, 0.1) is 0 Å². The lowest BCUT2D eigenvalue weighted by Crippen LogP contribution is -2.31.